The maximum atomic E-state index is 12.2. The Hall–Kier alpha value is -2.69. The first-order valence-electron chi connectivity index (χ1n) is 8.24. The molecule has 0 heterocycles. The fourth-order valence-corrected chi connectivity index (χ4v) is 2.47. The van der Waals surface area contributed by atoms with Gasteiger partial charge in [-0.3, -0.25) is 4.79 Å². The summed E-state index contributed by atoms with van der Waals surface area (Å²) in [6.07, 6.45) is 0.282. The van der Waals surface area contributed by atoms with Crippen LogP contribution < -0.4 is 19.5 Å². The lowest BCUT2D eigenvalue weighted by Gasteiger charge is -2.18. The molecule has 134 valence electrons. The van der Waals surface area contributed by atoms with Crippen LogP contribution in [-0.2, 0) is 4.79 Å². The van der Waals surface area contributed by atoms with E-state index in [1.165, 1.54) is 5.56 Å². The lowest BCUT2D eigenvalue weighted by Crippen LogP contribution is -2.28. The number of ether oxygens (including phenoxy) is 3. The quantitative estimate of drug-likeness (QED) is 0.795. The number of carbonyl (C=O) groups excluding carboxylic acids is 1. The number of hydrogen-bond donors (Lipinski definition) is 1. The molecule has 0 spiro atoms. The van der Waals surface area contributed by atoms with E-state index in [0.29, 0.717) is 12.4 Å². The van der Waals surface area contributed by atoms with Gasteiger partial charge in [-0.1, -0.05) is 17.7 Å². The summed E-state index contributed by atoms with van der Waals surface area (Å²) in [7, 11) is 3.21. The number of nitrogens with one attached hydrogen (secondary N) is 1. The van der Waals surface area contributed by atoms with Crippen molar-refractivity contribution in [2.24, 2.45) is 0 Å². The van der Waals surface area contributed by atoms with E-state index >= 15 is 0 Å². The molecule has 0 aliphatic heterocycles. The van der Waals surface area contributed by atoms with Crippen molar-refractivity contribution in [3.63, 3.8) is 0 Å². The predicted octanol–water partition coefficient (Wildman–Crippen LogP) is 3.66. The van der Waals surface area contributed by atoms with Gasteiger partial charge in [-0.05, 0) is 44.2 Å². The van der Waals surface area contributed by atoms with Crippen LogP contribution in [0.5, 0.6) is 17.2 Å². The van der Waals surface area contributed by atoms with Gasteiger partial charge < -0.3 is 19.5 Å². The summed E-state index contributed by atoms with van der Waals surface area (Å²) in [5.41, 5.74) is 2.04. The van der Waals surface area contributed by atoms with E-state index in [9.17, 15) is 4.79 Å². The van der Waals surface area contributed by atoms with E-state index < -0.39 is 0 Å². The summed E-state index contributed by atoms with van der Waals surface area (Å²) in [5.74, 6) is 2.12. The van der Waals surface area contributed by atoms with Crippen molar-refractivity contribution in [1.82, 2.24) is 5.32 Å². The van der Waals surface area contributed by atoms with Crippen LogP contribution in [0.3, 0.4) is 0 Å². The molecule has 2 rings (SSSR count). The lowest BCUT2D eigenvalue weighted by atomic mass is 10.1. The van der Waals surface area contributed by atoms with Crippen LogP contribution in [0.1, 0.15) is 30.5 Å². The van der Waals surface area contributed by atoms with E-state index in [2.05, 4.69) is 5.32 Å². The largest absolute Gasteiger partial charge is 0.497 e. The molecule has 0 aliphatic rings. The third kappa shape index (κ3) is 5.41. The van der Waals surface area contributed by atoms with Crippen LogP contribution in [0.25, 0.3) is 0 Å². The number of carbonyl (C=O) groups is 1. The Bertz CT molecular complexity index is 697. The van der Waals surface area contributed by atoms with Gasteiger partial charge in [0.05, 0.1) is 33.3 Å². The van der Waals surface area contributed by atoms with Gasteiger partial charge in [0.15, 0.2) is 0 Å². The minimum Gasteiger partial charge on any atom is -0.497 e. The van der Waals surface area contributed by atoms with E-state index in [-0.39, 0.29) is 18.4 Å². The van der Waals surface area contributed by atoms with E-state index in [0.717, 1.165) is 17.1 Å². The van der Waals surface area contributed by atoms with E-state index in [1.54, 1.807) is 14.2 Å². The molecule has 1 amide bonds. The van der Waals surface area contributed by atoms with Gasteiger partial charge in [0.25, 0.3) is 0 Å². The smallest absolute Gasteiger partial charge is 0.223 e. The Morgan fingerprint density at radius 3 is 2.36 bits per heavy atom. The molecule has 25 heavy (non-hydrogen) atoms. The van der Waals surface area contributed by atoms with Crippen molar-refractivity contribution in [1.29, 1.82) is 0 Å². The maximum Gasteiger partial charge on any atom is 0.223 e. The van der Waals surface area contributed by atoms with Crippen LogP contribution in [0.4, 0.5) is 0 Å². The highest BCUT2D eigenvalue weighted by Crippen LogP contribution is 2.29. The van der Waals surface area contributed by atoms with Gasteiger partial charge in [-0.2, -0.15) is 0 Å². The monoisotopic (exact) mass is 343 g/mol. The minimum atomic E-state index is -0.197. The topological polar surface area (TPSA) is 56.8 Å². The van der Waals surface area contributed by atoms with Crippen LogP contribution in [0, 0.1) is 6.92 Å². The summed E-state index contributed by atoms with van der Waals surface area (Å²) >= 11 is 0. The molecule has 0 bridgehead atoms. The first-order chi connectivity index (χ1) is 12.0. The lowest BCUT2D eigenvalue weighted by molar-refractivity contribution is -0.122. The second-order valence-electron chi connectivity index (χ2n) is 5.81. The minimum absolute atomic E-state index is 0.0792. The van der Waals surface area contributed by atoms with Crippen LogP contribution in [0.15, 0.2) is 42.5 Å². The molecule has 5 heteroatoms. The molecule has 0 fully saturated rings. The van der Waals surface area contributed by atoms with Crippen molar-refractivity contribution < 1.29 is 19.0 Å². The highest BCUT2D eigenvalue weighted by atomic mass is 16.5. The van der Waals surface area contributed by atoms with Gasteiger partial charge >= 0.3 is 0 Å². The number of benzene rings is 2. The number of rotatable bonds is 8. The normalized spacial score (nSPS) is 11.5. The summed E-state index contributed by atoms with van der Waals surface area (Å²) in [6, 6.07) is 13.1. The Morgan fingerprint density at radius 2 is 1.72 bits per heavy atom. The number of aryl methyl sites for hydroxylation is 1. The fourth-order valence-electron chi connectivity index (χ4n) is 2.47. The summed E-state index contributed by atoms with van der Waals surface area (Å²) in [5, 5.41) is 2.96. The predicted molar refractivity (Wildman–Crippen MR) is 97.4 cm³/mol. The van der Waals surface area contributed by atoms with Crippen molar-refractivity contribution in [2.75, 3.05) is 20.8 Å². The first kappa shape index (κ1) is 18.6. The Labute approximate surface area is 148 Å². The van der Waals surface area contributed by atoms with Crippen molar-refractivity contribution >= 4 is 5.91 Å². The highest BCUT2D eigenvalue weighted by molar-refractivity contribution is 5.76. The zero-order valence-corrected chi connectivity index (χ0v) is 15.2. The molecule has 0 unspecified atom stereocenters. The van der Waals surface area contributed by atoms with Gasteiger partial charge in [0, 0.05) is 5.56 Å². The molecule has 5 nitrogen and oxygen atoms in total. The van der Waals surface area contributed by atoms with Gasteiger partial charge in [-0.25, -0.2) is 0 Å². The van der Waals surface area contributed by atoms with Crippen LogP contribution in [-0.4, -0.2) is 26.7 Å². The summed E-state index contributed by atoms with van der Waals surface area (Å²) < 4.78 is 16.2. The highest BCUT2D eigenvalue weighted by Gasteiger charge is 2.15. The summed E-state index contributed by atoms with van der Waals surface area (Å²) in [6.45, 7) is 4.26. The zero-order valence-electron chi connectivity index (χ0n) is 15.2. The second kappa shape index (κ2) is 8.97. The standard InChI is InChI=1S/C20H25NO4/c1-14-5-7-16(8-6-14)25-12-11-20(22)21-15(2)18-13-17(23-3)9-10-19(18)24-4/h5-10,13,15H,11-12H2,1-4H3,(H,21,22)/t15-/m0/s1. The molecule has 1 N–H and O–H groups in total. The zero-order chi connectivity index (χ0) is 18.2. The first-order valence-corrected chi connectivity index (χ1v) is 8.24. The molecule has 0 saturated carbocycles. The summed E-state index contributed by atoms with van der Waals surface area (Å²) in [4.78, 5) is 12.2. The third-order valence-electron chi connectivity index (χ3n) is 3.90. The molecular weight excluding hydrogens is 318 g/mol. The molecule has 0 radical (unpaired) electrons. The van der Waals surface area contributed by atoms with Gasteiger partial charge in [0.1, 0.15) is 17.2 Å². The van der Waals surface area contributed by atoms with Gasteiger partial charge in [0.2, 0.25) is 5.91 Å². The number of amides is 1. The average molecular weight is 343 g/mol. The van der Waals surface area contributed by atoms with E-state index in [4.69, 9.17) is 14.2 Å². The second-order valence-corrected chi connectivity index (χ2v) is 5.81. The van der Waals surface area contributed by atoms with Crippen molar-refractivity contribution in [2.45, 2.75) is 26.3 Å². The molecule has 0 aliphatic carbocycles. The third-order valence-corrected chi connectivity index (χ3v) is 3.90. The number of hydrogen-bond acceptors (Lipinski definition) is 4. The van der Waals surface area contributed by atoms with E-state index in [1.807, 2.05) is 56.3 Å². The van der Waals surface area contributed by atoms with Gasteiger partial charge in [-0.15, -0.1) is 0 Å². The SMILES string of the molecule is COc1ccc(OC)c([C@H](C)NC(=O)CCOc2ccc(C)cc2)c1. The molecule has 0 aromatic heterocycles. The Balaban J connectivity index is 1.88. The molecule has 2 aromatic rings. The molecule has 2 aromatic carbocycles. The fraction of sp³-hybridized carbons (Fsp3) is 0.350. The number of methoxy groups -OCH3 is 2. The molecule has 1 atom stereocenters. The Kier molecular flexibility index (Phi) is 6.69. The molecular formula is C20H25NO4. The maximum absolute atomic E-state index is 12.2. The van der Waals surface area contributed by atoms with Crippen molar-refractivity contribution in [3.8, 4) is 17.2 Å². The van der Waals surface area contributed by atoms with Crippen LogP contribution in [0.2, 0.25) is 0 Å². The van der Waals surface area contributed by atoms with Crippen molar-refractivity contribution in [3.05, 3.63) is 53.6 Å². The Morgan fingerprint density at radius 1 is 1.04 bits per heavy atom. The average Bonchev–Trinajstić information content (AvgIpc) is 2.62. The molecule has 0 saturated heterocycles. The van der Waals surface area contributed by atoms with Crippen LogP contribution >= 0.6 is 0 Å².